The van der Waals surface area contributed by atoms with Gasteiger partial charge in [-0.15, -0.1) is 6.58 Å². The van der Waals surface area contributed by atoms with Crippen molar-refractivity contribution in [3.63, 3.8) is 0 Å². The molecule has 6 atom stereocenters. The quantitative estimate of drug-likeness (QED) is 0.446. The number of carbonyl (C=O) groups excluding carboxylic acids is 5. The Labute approximate surface area is 237 Å². The highest BCUT2D eigenvalue weighted by Gasteiger charge is 2.68. The highest BCUT2D eigenvalue weighted by molar-refractivity contribution is 6.24. The van der Waals surface area contributed by atoms with Crippen molar-refractivity contribution in [1.29, 1.82) is 0 Å². The van der Waals surface area contributed by atoms with E-state index in [-0.39, 0.29) is 24.5 Å². The van der Waals surface area contributed by atoms with Crippen molar-refractivity contribution in [3.8, 4) is 5.75 Å². The minimum atomic E-state index is -1.28. The Morgan fingerprint density at radius 3 is 2.46 bits per heavy atom. The summed E-state index contributed by atoms with van der Waals surface area (Å²) in [5.41, 5.74) is 0.985. The van der Waals surface area contributed by atoms with Gasteiger partial charge in [0.25, 0.3) is 0 Å². The van der Waals surface area contributed by atoms with Crippen molar-refractivity contribution < 1.29 is 33.8 Å². The summed E-state index contributed by atoms with van der Waals surface area (Å²) in [6.45, 7) is 5.54. The number of likely N-dealkylation sites (tertiary alicyclic amines) is 1. The zero-order valence-electron chi connectivity index (χ0n) is 22.8. The molecule has 3 fully saturated rings. The van der Waals surface area contributed by atoms with Gasteiger partial charge in [0.2, 0.25) is 23.6 Å². The van der Waals surface area contributed by atoms with E-state index in [1.54, 1.807) is 61.5 Å². The molecule has 1 N–H and O–H groups in total. The van der Waals surface area contributed by atoms with Gasteiger partial charge in [-0.2, -0.15) is 4.90 Å². The van der Waals surface area contributed by atoms with Gasteiger partial charge in [0, 0.05) is 11.5 Å². The molecule has 0 radical (unpaired) electrons. The number of aromatic hydroxyl groups is 1. The smallest absolute Gasteiger partial charge is 0.423 e. The molecule has 2 aliphatic heterocycles. The molecular weight excluding hydrogens is 524 g/mol. The number of rotatable bonds is 4. The van der Waals surface area contributed by atoms with Gasteiger partial charge in [-0.3, -0.25) is 19.2 Å². The van der Waals surface area contributed by atoms with Crippen molar-refractivity contribution in [2.75, 3.05) is 12.0 Å². The summed E-state index contributed by atoms with van der Waals surface area (Å²) < 4.78 is 4.72. The number of allylic oxidation sites excluding steroid dienone is 3. The highest BCUT2D eigenvalue weighted by atomic mass is 16.5. The number of amides is 5. The maximum absolute atomic E-state index is 14.4. The lowest BCUT2D eigenvalue weighted by molar-refractivity contribution is -0.138. The van der Waals surface area contributed by atoms with Gasteiger partial charge in [0.1, 0.15) is 5.75 Å². The molecule has 2 saturated heterocycles. The number of fused-ring (bicyclic) bond motifs is 4. The van der Waals surface area contributed by atoms with E-state index in [0.29, 0.717) is 28.1 Å². The minimum Gasteiger partial charge on any atom is -0.507 e. The lowest BCUT2D eigenvalue weighted by Crippen LogP contribution is -2.49. The second kappa shape index (κ2) is 9.54. The lowest BCUT2D eigenvalue weighted by atomic mass is 9.51. The Morgan fingerprint density at radius 2 is 1.78 bits per heavy atom. The Bertz CT molecular complexity index is 1550. The van der Waals surface area contributed by atoms with Crippen LogP contribution in [0.15, 0.2) is 72.8 Å². The van der Waals surface area contributed by atoms with Crippen LogP contribution >= 0.6 is 0 Å². The standard InChI is InChI=1S/C32H30N2O7/c1-4-9-17-10-8-13-21(26(17)35)25-19-14-15-20-24(29(38)34(27(20)36)31(40)41-3)22(19)16-23-28(37)33(30(39)32(23,25)2)18-11-6-5-7-12-18/h4-8,10-14,20,22-25,35H,1,9,15-16H2,2-3H3/t20-,22+,23-,24-,25+,32+/m0/s1. The van der Waals surface area contributed by atoms with Gasteiger partial charge in [-0.25, -0.2) is 9.69 Å². The fourth-order valence-electron chi connectivity index (χ4n) is 7.62. The number of carbonyl (C=O) groups is 5. The molecule has 2 aromatic carbocycles. The Morgan fingerprint density at radius 1 is 1.05 bits per heavy atom. The molecule has 4 aliphatic rings. The van der Waals surface area contributed by atoms with Crippen LogP contribution in [0.3, 0.4) is 0 Å². The largest absolute Gasteiger partial charge is 0.507 e. The van der Waals surface area contributed by atoms with Crippen molar-refractivity contribution >= 4 is 35.4 Å². The molecule has 0 bridgehead atoms. The van der Waals surface area contributed by atoms with Gasteiger partial charge >= 0.3 is 6.09 Å². The topological polar surface area (TPSA) is 121 Å². The molecule has 0 aromatic heterocycles. The van der Waals surface area contributed by atoms with E-state index in [1.807, 2.05) is 6.08 Å². The normalized spacial score (nSPS) is 30.5. The third-order valence-electron chi connectivity index (χ3n) is 9.47. The summed E-state index contributed by atoms with van der Waals surface area (Å²) in [6, 6.07) is 14.0. The fraction of sp³-hybridized carbons (Fsp3) is 0.344. The monoisotopic (exact) mass is 554 g/mol. The number of imide groups is 4. The van der Waals surface area contributed by atoms with Crippen LogP contribution in [0.2, 0.25) is 0 Å². The number of para-hydroxylation sites is 2. The first-order valence-corrected chi connectivity index (χ1v) is 13.7. The molecule has 41 heavy (non-hydrogen) atoms. The van der Waals surface area contributed by atoms with E-state index in [2.05, 4.69) is 6.58 Å². The minimum absolute atomic E-state index is 0.00414. The molecule has 2 aromatic rings. The summed E-state index contributed by atoms with van der Waals surface area (Å²) in [5.74, 6) is -5.91. The number of hydrogen-bond acceptors (Lipinski definition) is 7. The van der Waals surface area contributed by atoms with Gasteiger partial charge in [0.05, 0.1) is 36.0 Å². The fourth-order valence-corrected chi connectivity index (χ4v) is 7.62. The number of hydrogen-bond donors (Lipinski definition) is 1. The summed E-state index contributed by atoms with van der Waals surface area (Å²) >= 11 is 0. The maximum Gasteiger partial charge on any atom is 0.423 e. The number of ether oxygens (including phenoxy) is 1. The summed E-state index contributed by atoms with van der Waals surface area (Å²) in [6.07, 6.45) is 3.23. The van der Waals surface area contributed by atoms with Crippen LogP contribution in [0.25, 0.3) is 0 Å². The molecule has 2 heterocycles. The number of benzene rings is 2. The average Bonchev–Trinajstić information content (AvgIpc) is 3.34. The van der Waals surface area contributed by atoms with Crippen molar-refractivity contribution in [1.82, 2.24) is 4.90 Å². The zero-order valence-corrected chi connectivity index (χ0v) is 22.8. The van der Waals surface area contributed by atoms with Crippen LogP contribution in [0.4, 0.5) is 10.5 Å². The van der Waals surface area contributed by atoms with E-state index in [4.69, 9.17) is 4.74 Å². The van der Waals surface area contributed by atoms with E-state index in [9.17, 15) is 29.1 Å². The number of nitrogens with zero attached hydrogens (tertiary/aromatic N) is 2. The number of anilines is 1. The molecule has 9 heteroatoms. The van der Waals surface area contributed by atoms with Crippen molar-refractivity contribution in [2.45, 2.75) is 32.1 Å². The van der Waals surface area contributed by atoms with Crippen LogP contribution < -0.4 is 4.90 Å². The second-order valence-corrected chi connectivity index (χ2v) is 11.3. The molecule has 9 nitrogen and oxygen atoms in total. The van der Waals surface area contributed by atoms with Gasteiger partial charge < -0.3 is 9.84 Å². The Hall–Kier alpha value is -4.53. The molecule has 2 aliphatic carbocycles. The van der Waals surface area contributed by atoms with E-state index < -0.39 is 58.8 Å². The number of phenols is 1. The Balaban J connectivity index is 1.54. The summed E-state index contributed by atoms with van der Waals surface area (Å²) in [4.78, 5) is 69.4. The predicted molar refractivity (Wildman–Crippen MR) is 147 cm³/mol. The molecule has 5 amide bonds. The van der Waals surface area contributed by atoms with Gasteiger partial charge in [-0.05, 0) is 49.8 Å². The number of methoxy groups -OCH3 is 1. The summed E-state index contributed by atoms with van der Waals surface area (Å²) in [7, 11) is 1.11. The zero-order chi connectivity index (χ0) is 29.2. The predicted octanol–water partition coefficient (Wildman–Crippen LogP) is 4.12. The van der Waals surface area contributed by atoms with E-state index in [0.717, 1.165) is 12.7 Å². The molecular formula is C32H30N2O7. The second-order valence-electron chi connectivity index (χ2n) is 11.3. The average molecular weight is 555 g/mol. The van der Waals surface area contributed by atoms with Crippen LogP contribution in [0.5, 0.6) is 5.75 Å². The van der Waals surface area contributed by atoms with Gasteiger partial charge in [0.15, 0.2) is 0 Å². The van der Waals surface area contributed by atoms with Crippen molar-refractivity contribution in [2.24, 2.45) is 29.1 Å². The SMILES string of the molecule is C=CCc1cccc([C@H]2C3=CC[C@@H]4C(=O)N(C(=O)OC)C(=O)[C@@H]4[C@@H]3C[C@H]3C(=O)N(c4ccccc4)C(=O)[C@@]23C)c1O. The van der Waals surface area contributed by atoms with Crippen LogP contribution in [0, 0.1) is 29.1 Å². The van der Waals surface area contributed by atoms with Crippen LogP contribution in [-0.2, 0) is 30.3 Å². The first-order valence-electron chi connectivity index (χ1n) is 13.7. The number of phenolic OH excluding ortho intramolecular Hbond substituents is 1. The first kappa shape index (κ1) is 26.7. The van der Waals surface area contributed by atoms with Crippen LogP contribution in [0.1, 0.15) is 36.8 Å². The molecule has 0 spiro atoms. The maximum atomic E-state index is 14.4. The first-order chi connectivity index (χ1) is 19.7. The third-order valence-corrected chi connectivity index (χ3v) is 9.47. The highest BCUT2D eigenvalue weighted by Crippen LogP contribution is 2.64. The van der Waals surface area contributed by atoms with Crippen molar-refractivity contribution in [3.05, 3.63) is 84.0 Å². The van der Waals surface area contributed by atoms with Crippen LogP contribution in [-0.4, -0.2) is 46.8 Å². The van der Waals surface area contributed by atoms with E-state index >= 15 is 0 Å². The van der Waals surface area contributed by atoms with Gasteiger partial charge in [-0.1, -0.05) is 54.1 Å². The molecule has 6 rings (SSSR count). The lowest BCUT2D eigenvalue weighted by Gasteiger charge is -2.49. The molecule has 210 valence electrons. The summed E-state index contributed by atoms with van der Waals surface area (Å²) in [5, 5.41) is 11.5. The third kappa shape index (κ3) is 3.57. The molecule has 0 unspecified atom stereocenters. The Kier molecular flexibility index (Phi) is 6.21. The molecule has 1 saturated carbocycles. The van der Waals surface area contributed by atoms with E-state index in [1.165, 1.54) is 4.90 Å².